The number of aromatic nitrogens is 1. The predicted octanol–water partition coefficient (Wildman–Crippen LogP) is 5.97. The van der Waals surface area contributed by atoms with E-state index >= 15 is 0 Å². The van der Waals surface area contributed by atoms with E-state index in [1.54, 1.807) is 0 Å². The van der Waals surface area contributed by atoms with Crippen molar-refractivity contribution < 1.29 is 4.74 Å². The number of nitrogens with zero attached hydrogens (tertiary/aromatic N) is 2. The van der Waals surface area contributed by atoms with Crippen molar-refractivity contribution in [1.29, 1.82) is 5.26 Å². The van der Waals surface area contributed by atoms with Crippen molar-refractivity contribution in [3.05, 3.63) is 54.1 Å². The quantitative estimate of drug-likeness (QED) is 0.293. The molecule has 6 heteroatoms. The Morgan fingerprint density at radius 3 is 2.62 bits per heavy atom. The van der Waals surface area contributed by atoms with Crippen LogP contribution in [0.2, 0.25) is 0 Å². The fourth-order valence-electron chi connectivity index (χ4n) is 2.24. The Balaban J connectivity index is 2.03. The maximum absolute atomic E-state index is 9.56. The zero-order chi connectivity index (χ0) is 17.1. The molecule has 0 atom stereocenters. The molecule has 0 saturated heterocycles. The van der Waals surface area contributed by atoms with E-state index in [0.717, 1.165) is 33.7 Å². The molecule has 3 aromatic rings. The smallest absolute Gasteiger partial charge is 0.145 e. The number of hydrogen-bond acceptors (Lipinski definition) is 4. The molecule has 0 aliphatic heterocycles. The number of hydrogen-bond donors (Lipinski definition) is 0. The summed E-state index contributed by atoms with van der Waals surface area (Å²) >= 11 is 6.07. The number of benzene rings is 2. The van der Waals surface area contributed by atoms with Crippen LogP contribution >= 0.6 is 56.5 Å². The molecule has 1 heterocycles. The van der Waals surface area contributed by atoms with Crippen molar-refractivity contribution in [2.75, 3.05) is 6.61 Å². The number of rotatable bonds is 4. The van der Waals surface area contributed by atoms with Crippen LogP contribution in [0.25, 0.3) is 21.9 Å². The number of ether oxygens (including phenoxy) is 1. The molecule has 1 aromatic heterocycles. The van der Waals surface area contributed by atoms with Crippen molar-refractivity contribution >= 4 is 78.4 Å². The Labute approximate surface area is 171 Å². The first-order valence-corrected chi connectivity index (χ1v) is 10.2. The van der Waals surface area contributed by atoms with Crippen LogP contribution < -0.4 is 4.74 Å². The van der Waals surface area contributed by atoms with Crippen LogP contribution in [0.15, 0.2) is 36.4 Å². The topological polar surface area (TPSA) is 45.9 Å². The molecule has 0 amide bonds. The highest BCUT2D eigenvalue weighted by molar-refractivity contribution is 14.1. The van der Waals surface area contributed by atoms with E-state index in [1.807, 2.05) is 49.4 Å². The third kappa shape index (κ3) is 3.73. The molecule has 0 aliphatic rings. The summed E-state index contributed by atoms with van der Waals surface area (Å²) in [6.45, 7) is 2.61. The third-order valence-corrected chi connectivity index (χ3v) is 5.94. The second-order valence-corrected chi connectivity index (χ2v) is 8.26. The van der Waals surface area contributed by atoms with Gasteiger partial charge in [0.25, 0.3) is 0 Å². The summed E-state index contributed by atoms with van der Waals surface area (Å²) in [6, 6.07) is 14.3. The first-order chi connectivity index (χ1) is 11.6. The summed E-state index contributed by atoms with van der Waals surface area (Å²) in [6.07, 6.45) is 1.89. The summed E-state index contributed by atoms with van der Waals surface area (Å²) in [5, 5.41) is 10.3. The first-order valence-electron chi connectivity index (χ1n) is 7.22. The van der Waals surface area contributed by atoms with Crippen LogP contribution in [-0.2, 0) is 0 Å². The van der Waals surface area contributed by atoms with Crippen LogP contribution in [0.1, 0.15) is 17.5 Å². The van der Waals surface area contributed by atoms with Crippen LogP contribution in [0, 0.1) is 18.5 Å². The standard InChI is InChI=1S/C18H12I2N2OS/c1-2-23-17-13(19)8-11(9-14(17)20)7-12(10-21)18-22-15-5-3-4-6-16(15)24-18/h3-9H,2H2,1H3/b12-7+. The van der Waals surface area contributed by atoms with E-state index in [9.17, 15) is 5.26 Å². The Hall–Kier alpha value is -1.18. The van der Waals surface area contributed by atoms with Crippen LogP contribution in [0.5, 0.6) is 5.75 Å². The summed E-state index contributed by atoms with van der Waals surface area (Å²) in [7, 11) is 0. The number of halogens is 2. The number of nitriles is 1. The van der Waals surface area contributed by atoms with Gasteiger partial charge in [-0.15, -0.1) is 11.3 Å². The Morgan fingerprint density at radius 2 is 2.00 bits per heavy atom. The van der Waals surface area contributed by atoms with Gasteiger partial charge in [0.05, 0.1) is 29.5 Å². The van der Waals surface area contributed by atoms with E-state index in [4.69, 9.17) is 4.74 Å². The van der Waals surface area contributed by atoms with Gasteiger partial charge in [0.1, 0.15) is 16.8 Å². The van der Waals surface area contributed by atoms with Crippen molar-refractivity contribution in [2.24, 2.45) is 0 Å². The van der Waals surface area contributed by atoms with Crippen molar-refractivity contribution in [2.45, 2.75) is 6.92 Å². The fraction of sp³-hybridized carbons (Fsp3) is 0.111. The van der Waals surface area contributed by atoms with E-state index in [2.05, 4.69) is 56.2 Å². The molecular weight excluding hydrogens is 546 g/mol. The monoisotopic (exact) mass is 558 g/mol. The molecule has 0 bridgehead atoms. The number of fused-ring (bicyclic) bond motifs is 1. The highest BCUT2D eigenvalue weighted by Crippen LogP contribution is 2.32. The van der Waals surface area contributed by atoms with Gasteiger partial charge >= 0.3 is 0 Å². The molecule has 0 fully saturated rings. The predicted molar refractivity (Wildman–Crippen MR) is 116 cm³/mol. The van der Waals surface area contributed by atoms with Crippen LogP contribution in [-0.4, -0.2) is 11.6 Å². The lowest BCUT2D eigenvalue weighted by atomic mass is 10.1. The second-order valence-electron chi connectivity index (χ2n) is 4.90. The summed E-state index contributed by atoms with van der Waals surface area (Å²) in [5.74, 6) is 0.898. The minimum atomic E-state index is 0.576. The van der Waals surface area contributed by atoms with Gasteiger partial charge in [-0.25, -0.2) is 4.98 Å². The fourth-order valence-corrected chi connectivity index (χ4v) is 5.30. The maximum Gasteiger partial charge on any atom is 0.145 e. The highest BCUT2D eigenvalue weighted by Gasteiger charge is 2.11. The van der Waals surface area contributed by atoms with Crippen LogP contribution in [0.4, 0.5) is 0 Å². The number of allylic oxidation sites excluding steroid dienone is 1. The van der Waals surface area contributed by atoms with Gasteiger partial charge in [0.2, 0.25) is 0 Å². The average Bonchev–Trinajstić information content (AvgIpc) is 2.99. The molecule has 24 heavy (non-hydrogen) atoms. The van der Waals surface area contributed by atoms with Gasteiger partial charge in [0.15, 0.2) is 0 Å². The molecule has 0 spiro atoms. The third-order valence-electron chi connectivity index (χ3n) is 3.27. The average molecular weight is 558 g/mol. The minimum Gasteiger partial charge on any atom is -0.492 e. The Kier molecular flexibility index (Phi) is 5.73. The summed E-state index contributed by atoms with van der Waals surface area (Å²) < 4.78 is 8.83. The van der Waals surface area contributed by atoms with Gasteiger partial charge in [-0.2, -0.15) is 5.26 Å². The molecule has 2 aromatic carbocycles. The van der Waals surface area contributed by atoms with E-state index < -0.39 is 0 Å². The van der Waals surface area contributed by atoms with E-state index in [-0.39, 0.29) is 0 Å². The molecule has 0 aliphatic carbocycles. The van der Waals surface area contributed by atoms with Crippen LogP contribution in [0.3, 0.4) is 0 Å². The van der Waals surface area contributed by atoms with E-state index in [0.29, 0.717) is 12.2 Å². The Bertz CT molecular complexity index is 917. The van der Waals surface area contributed by atoms with Gasteiger partial charge in [-0.1, -0.05) is 12.1 Å². The van der Waals surface area contributed by atoms with Gasteiger partial charge in [-0.3, -0.25) is 0 Å². The highest BCUT2D eigenvalue weighted by atomic mass is 127. The zero-order valence-electron chi connectivity index (χ0n) is 12.7. The first kappa shape index (κ1) is 17.6. The van der Waals surface area contributed by atoms with Gasteiger partial charge < -0.3 is 4.74 Å². The lowest BCUT2D eigenvalue weighted by Crippen LogP contribution is -1.97. The molecule has 120 valence electrons. The van der Waals surface area contributed by atoms with Crippen molar-refractivity contribution in [1.82, 2.24) is 4.98 Å². The van der Waals surface area contributed by atoms with Gasteiger partial charge in [0, 0.05) is 0 Å². The molecule has 3 nitrogen and oxygen atoms in total. The van der Waals surface area contributed by atoms with E-state index in [1.165, 1.54) is 11.3 Å². The SMILES string of the molecule is CCOc1c(I)cc(/C=C(\C#N)c2nc3ccccc3s2)cc1I. The largest absolute Gasteiger partial charge is 0.492 e. The summed E-state index contributed by atoms with van der Waals surface area (Å²) in [5.41, 5.74) is 2.48. The molecule has 3 rings (SSSR count). The van der Waals surface area contributed by atoms with Crippen molar-refractivity contribution in [3.8, 4) is 11.8 Å². The van der Waals surface area contributed by atoms with Gasteiger partial charge in [-0.05, 0) is 88.0 Å². The lowest BCUT2D eigenvalue weighted by molar-refractivity contribution is 0.335. The molecular formula is C18H12I2N2OS. The molecule has 0 saturated carbocycles. The zero-order valence-corrected chi connectivity index (χ0v) is 17.8. The summed E-state index contributed by atoms with van der Waals surface area (Å²) in [4.78, 5) is 4.57. The minimum absolute atomic E-state index is 0.576. The molecule has 0 unspecified atom stereocenters. The Morgan fingerprint density at radius 1 is 1.29 bits per heavy atom. The maximum atomic E-state index is 9.56. The van der Waals surface area contributed by atoms with Crippen molar-refractivity contribution in [3.63, 3.8) is 0 Å². The molecule has 0 N–H and O–H groups in total. The number of thiazole rings is 1. The molecule has 0 radical (unpaired) electrons. The second kappa shape index (κ2) is 7.80. The normalized spacial score (nSPS) is 11.5. The number of para-hydroxylation sites is 1. The lowest BCUT2D eigenvalue weighted by Gasteiger charge is -2.09.